The van der Waals surface area contributed by atoms with Crippen LogP contribution in [0, 0.1) is 13.8 Å². The zero-order valence-electron chi connectivity index (χ0n) is 8.75. The number of nitrogens with two attached hydrogens (primary N) is 2. The van der Waals surface area contributed by atoms with E-state index in [1.807, 2.05) is 32.0 Å². The fourth-order valence-corrected chi connectivity index (χ4v) is 1.84. The molecule has 0 heterocycles. The smallest absolute Gasteiger partial charge is 0.114 e. The molecule has 1 rings (SSSR count). The van der Waals surface area contributed by atoms with Crippen LogP contribution in [-0.2, 0) is 5.60 Å². The number of aliphatic hydroxyl groups is 1. The van der Waals surface area contributed by atoms with E-state index in [1.54, 1.807) is 0 Å². The number of rotatable bonds is 3. The van der Waals surface area contributed by atoms with Gasteiger partial charge in [-0.05, 0) is 30.5 Å². The fourth-order valence-electron chi connectivity index (χ4n) is 1.84. The van der Waals surface area contributed by atoms with Gasteiger partial charge >= 0.3 is 0 Å². The molecule has 0 unspecified atom stereocenters. The van der Waals surface area contributed by atoms with E-state index in [0.29, 0.717) is 0 Å². The minimum atomic E-state index is -1.09. The van der Waals surface area contributed by atoms with Crippen LogP contribution in [0.4, 0.5) is 0 Å². The Hall–Kier alpha value is -0.900. The van der Waals surface area contributed by atoms with Crippen molar-refractivity contribution in [2.45, 2.75) is 19.4 Å². The van der Waals surface area contributed by atoms with Crippen molar-refractivity contribution < 1.29 is 5.11 Å². The average molecular weight is 194 g/mol. The van der Waals surface area contributed by atoms with Crippen molar-refractivity contribution in [1.82, 2.24) is 0 Å². The molecule has 3 nitrogen and oxygen atoms in total. The molecule has 0 radical (unpaired) electrons. The van der Waals surface area contributed by atoms with Gasteiger partial charge in [0.25, 0.3) is 0 Å². The second-order valence-corrected chi connectivity index (χ2v) is 3.71. The van der Waals surface area contributed by atoms with E-state index in [2.05, 4.69) is 0 Å². The molecule has 0 saturated heterocycles. The average Bonchev–Trinajstić information content (AvgIpc) is 2.17. The van der Waals surface area contributed by atoms with Crippen molar-refractivity contribution in [1.29, 1.82) is 0 Å². The largest absolute Gasteiger partial charge is 0.382 e. The summed E-state index contributed by atoms with van der Waals surface area (Å²) in [7, 11) is 0. The summed E-state index contributed by atoms with van der Waals surface area (Å²) in [5, 5.41) is 10.2. The highest BCUT2D eigenvalue weighted by Crippen LogP contribution is 2.25. The summed E-state index contributed by atoms with van der Waals surface area (Å²) in [5.74, 6) is 0. The molecule has 0 aliphatic rings. The Bertz CT molecular complexity index is 299. The molecule has 0 bridgehead atoms. The summed E-state index contributed by atoms with van der Waals surface area (Å²) < 4.78 is 0. The van der Waals surface area contributed by atoms with Gasteiger partial charge in [0.1, 0.15) is 5.60 Å². The fraction of sp³-hybridized carbons (Fsp3) is 0.455. The highest BCUT2D eigenvalue weighted by Gasteiger charge is 2.28. The van der Waals surface area contributed by atoms with Crippen LogP contribution in [-0.4, -0.2) is 18.2 Å². The molecule has 0 aliphatic heterocycles. The van der Waals surface area contributed by atoms with Gasteiger partial charge in [-0.15, -0.1) is 0 Å². The lowest BCUT2D eigenvalue weighted by Gasteiger charge is -2.28. The van der Waals surface area contributed by atoms with Crippen molar-refractivity contribution in [3.63, 3.8) is 0 Å². The minimum absolute atomic E-state index is 0.148. The second-order valence-electron chi connectivity index (χ2n) is 3.71. The molecular weight excluding hydrogens is 176 g/mol. The predicted octanol–water partition coefficient (Wildman–Crippen LogP) is 0.408. The predicted molar refractivity (Wildman–Crippen MR) is 57.9 cm³/mol. The summed E-state index contributed by atoms with van der Waals surface area (Å²) in [5.41, 5.74) is 13.0. The lowest BCUT2D eigenvalue weighted by molar-refractivity contribution is 0.0541. The van der Waals surface area contributed by atoms with E-state index in [1.165, 1.54) is 0 Å². The van der Waals surface area contributed by atoms with Gasteiger partial charge in [-0.3, -0.25) is 0 Å². The molecular formula is C11H18N2O. The third-order valence-electron chi connectivity index (χ3n) is 2.62. The number of aryl methyl sites for hydroxylation is 2. The molecule has 0 saturated carbocycles. The van der Waals surface area contributed by atoms with Crippen molar-refractivity contribution in [3.8, 4) is 0 Å². The van der Waals surface area contributed by atoms with Gasteiger partial charge in [-0.2, -0.15) is 0 Å². The summed E-state index contributed by atoms with van der Waals surface area (Å²) in [6, 6.07) is 5.87. The van der Waals surface area contributed by atoms with Crippen LogP contribution in [0.15, 0.2) is 18.2 Å². The molecule has 14 heavy (non-hydrogen) atoms. The number of hydrogen-bond donors (Lipinski definition) is 3. The van der Waals surface area contributed by atoms with Gasteiger partial charge < -0.3 is 16.6 Å². The number of hydrogen-bond acceptors (Lipinski definition) is 3. The van der Waals surface area contributed by atoms with E-state index in [4.69, 9.17) is 11.5 Å². The molecule has 0 fully saturated rings. The van der Waals surface area contributed by atoms with E-state index in [-0.39, 0.29) is 13.1 Å². The third-order valence-corrected chi connectivity index (χ3v) is 2.62. The Morgan fingerprint density at radius 3 is 1.93 bits per heavy atom. The summed E-state index contributed by atoms with van der Waals surface area (Å²) >= 11 is 0. The first-order chi connectivity index (χ1) is 6.55. The topological polar surface area (TPSA) is 72.3 Å². The SMILES string of the molecule is Cc1cccc(C)c1C(O)(CN)CN. The molecule has 5 N–H and O–H groups in total. The Kier molecular flexibility index (Phi) is 3.26. The van der Waals surface area contributed by atoms with Crippen LogP contribution in [0.25, 0.3) is 0 Å². The first-order valence-electron chi connectivity index (χ1n) is 4.74. The van der Waals surface area contributed by atoms with Crippen LogP contribution >= 0.6 is 0 Å². The van der Waals surface area contributed by atoms with Crippen molar-refractivity contribution >= 4 is 0 Å². The normalized spacial score (nSPS) is 11.8. The molecule has 0 spiro atoms. The Labute approximate surface area is 84.7 Å². The maximum absolute atomic E-state index is 10.2. The molecule has 0 atom stereocenters. The zero-order chi connectivity index (χ0) is 10.8. The molecule has 0 amide bonds. The van der Waals surface area contributed by atoms with Gasteiger partial charge in [0.05, 0.1) is 0 Å². The minimum Gasteiger partial charge on any atom is -0.382 e. The van der Waals surface area contributed by atoms with Crippen molar-refractivity contribution in [2.75, 3.05) is 13.1 Å². The van der Waals surface area contributed by atoms with E-state index in [9.17, 15) is 5.11 Å². The van der Waals surface area contributed by atoms with Crippen molar-refractivity contribution in [3.05, 3.63) is 34.9 Å². The number of benzene rings is 1. The Balaban J connectivity index is 3.29. The van der Waals surface area contributed by atoms with Crippen LogP contribution in [0.3, 0.4) is 0 Å². The van der Waals surface area contributed by atoms with Crippen LogP contribution in [0.1, 0.15) is 16.7 Å². The highest BCUT2D eigenvalue weighted by molar-refractivity contribution is 5.38. The molecule has 1 aromatic rings. The zero-order valence-corrected chi connectivity index (χ0v) is 8.75. The van der Waals surface area contributed by atoms with E-state index < -0.39 is 5.60 Å². The van der Waals surface area contributed by atoms with Gasteiger partial charge in [-0.1, -0.05) is 18.2 Å². The van der Waals surface area contributed by atoms with Gasteiger partial charge in [0.15, 0.2) is 0 Å². The third kappa shape index (κ3) is 1.80. The lowest BCUT2D eigenvalue weighted by Crippen LogP contribution is -2.43. The Morgan fingerprint density at radius 2 is 1.57 bits per heavy atom. The standard InChI is InChI=1S/C11H18N2O/c1-8-4-3-5-9(2)10(8)11(14,6-12)7-13/h3-5,14H,6-7,12-13H2,1-2H3. The van der Waals surface area contributed by atoms with Crippen LogP contribution < -0.4 is 11.5 Å². The maximum Gasteiger partial charge on any atom is 0.114 e. The summed E-state index contributed by atoms with van der Waals surface area (Å²) in [6.45, 7) is 4.21. The summed E-state index contributed by atoms with van der Waals surface area (Å²) in [4.78, 5) is 0. The molecule has 0 aliphatic carbocycles. The first kappa shape index (κ1) is 11.2. The molecule has 3 heteroatoms. The first-order valence-corrected chi connectivity index (χ1v) is 4.74. The van der Waals surface area contributed by atoms with Gasteiger partial charge in [0, 0.05) is 13.1 Å². The van der Waals surface area contributed by atoms with Crippen molar-refractivity contribution in [2.24, 2.45) is 11.5 Å². The lowest BCUT2D eigenvalue weighted by atomic mass is 9.87. The second kappa shape index (κ2) is 4.09. The van der Waals surface area contributed by atoms with E-state index in [0.717, 1.165) is 16.7 Å². The van der Waals surface area contributed by atoms with Gasteiger partial charge in [-0.25, -0.2) is 0 Å². The van der Waals surface area contributed by atoms with Crippen LogP contribution in [0.5, 0.6) is 0 Å². The van der Waals surface area contributed by atoms with E-state index >= 15 is 0 Å². The highest BCUT2D eigenvalue weighted by atomic mass is 16.3. The maximum atomic E-state index is 10.2. The summed E-state index contributed by atoms with van der Waals surface area (Å²) in [6.07, 6.45) is 0. The van der Waals surface area contributed by atoms with Gasteiger partial charge in [0.2, 0.25) is 0 Å². The molecule has 1 aromatic carbocycles. The monoisotopic (exact) mass is 194 g/mol. The molecule has 0 aromatic heterocycles. The molecule has 78 valence electrons. The Morgan fingerprint density at radius 1 is 1.14 bits per heavy atom. The van der Waals surface area contributed by atoms with Crippen LogP contribution in [0.2, 0.25) is 0 Å². The quantitative estimate of drug-likeness (QED) is 0.652.